The van der Waals surface area contributed by atoms with Crippen molar-refractivity contribution in [2.75, 3.05) is 31.0 Å². The Kier molecular flexibility index (Phi) is 24.5. The smallest absolute Gasteiger partial charge is 0.412 e. The van der Waals surface area contributed by atoms with Crippen molar-refractivity contribution in [2.24, 2.45) is 5.92 Å². The lowest BCUT2D eigenvalue weighted by molar-refractivity contribution is -0.144. The molecule has 2 N–H and O–H groups in total. The summed E-state index contributed by atoms with van der Waals surface area (Å²) in [5.41, 5.74) is 0.299. The van der Waals surface area contributed by atoms with Gasteiger partial charge in [0.2, 0.25) is 0 Å². The monoisotopic (exact) mass is 834 g/mol. The molecule has 55 heavy (non-hydrogen) atoms. The predicted octanol–water partition coefficient (Wildman–Crippen LogP) is 11.0. The fourth-order valence-electron chi connectivity index (χ4n) is 4.84. The second-order valence-electron chi connectivity index (χ2n) is 11.7. The van der Waals surface area contributed by atoms with E-state index in [1.165, 1.54) is 18.0 Å². The van der Waals surface area contributed by atoms with Crippen LogP contribution < -0.4 is 19.5 Å². The van der Waals surface area contributed by atoms with Gasteiger partial charge in [0.05, 0.1) is 24.7 Å². The maximum absolute atomic E-state index is 12.2. The van der Waals surface area contributed by atoms with Gasteiger partial charge in [0.25, 0.3) is 0 Å². The molecule has 1 aliphatic heterocycles. The zero-order chi connectivity index (χ0) is 41.6. The van der Waals surface area contributed by atoms with E-state index in [9.17, 15) is 18.0 Å². The Hall–Kier alpha value is -2.91. The number of fused-ring (bicyclic) bond motifs is 1. The van der Waals surface area contributed by atoms with Crippen LogP contribution in [0.2, 0.25) is 5.02 Å². The number of rotatable bonds is 15. The van der Waals surface area contributed by atoms with Crippen LogP contribution in [0.15, 0.2) is 66.7 Å². The number of alkyl halides is 3. The van der Waals surface area contributed by atoms with Gasteiger partial charge in [-0.25, -0.2) is 15.1 Å². The number of ether oxygens (including phenoxy) is 2. The first-order valence-electron chi connectivity index (χ1n) is 18.4. The summed E-state index contributed by atoms with van der Waals surface area (Å²) >= 11 is 7.53. The number of aromatic nitrogens is 3. The van der Waals surface area contributed by atoms with Gasteiger partial charge in [0.1, 0.15) is 30.0 Å². The van der Waals surface area contributed by atoms with Gasteiger partial charge in [-0.3, -0.25) is 9.80 Å². The molecule has 3 heterocycles. The minimum absolute atomic E-state index is 0.178. The van der Waals surface area contributed by atoms with E-state index < -0.39 is 26.3 Å². The number of hydrazine groups is 1. The zero-order valence-electron chi connectivity index (χ0n) is 33.8. The molecule has 0 saturated carbocycles. The number of carbonyl (C=O) groups excluding carboxylic acids is 1. The van der Waals surface area contributed by atoms with Crippen molar-refractivity contribution in [2.45, 2.75) is 107 Å². The molecule has 0 spiro atoms. The highest BCUT2D eigenvalue weighted by Crippen LogP contribution is 2.41. The van der Waals surface area contributed by atoms with Gasteiger partial charge < -0.3 is 23.1 Å². The standard InChI is InChI=1S/C26H36ClN6O5PS.C6H9F3.C4H8.C2H6/c1-6-33(31-40-5)24-22-12-13-32(23(22)28-16-29-24)25-17(3)14-21(37-25)15-36-39(30-18(4)26(34)35-7-2)38-20-10-8-19(27)9-11-20;1-3-4-5(2)6(7,8)9;1-3-4-2;1-2/h8-13,16-18,21,25,30-31H,6-7,14-15H2,1-5H3;4H,3H2,1-2H3;3-4H,1-2H3;1-2H3/b;5-4+;4-3-;. The van der Waals surface area contributed by atoms with E-state index in [-0.39, 0.29) is 30.8 Å². The van der Waals surface area contributed by atoms with E-state index in [1.807, 2.05) is 63.4 Å². The Morgan fingerprint density at radius 1 is 1.16 bits per heavy atom. The third-order valence-corrected chi connectivity index (χ3v) is 9.61. The molecular weight excluding hydrogens is 776 g/mol. The van der Waals surface area contributed by atoms with E-state index >= 15 is 0 Å². The summed E-state index contributed by atoms with van der Waals surface area (Å²) in [6.45, 7) is 19.8. The molecule has 310 valence electrons. The topological polar surface area (TPSA) is 112 Å². The number of esters is 1. The van der Waals surface area contributed by atoms with Crippen molar-refractivity contribution in [3.05, 3.63) is 71.7 Å². The Morgan fingerprint density at radius 3 is 2.35 bits per heavy atom. The van der Waals surface area contributed by atoms with Gasteiger partial charge in [-0.2, -0.15) is 18.0 Å². The van der Waals surface area contributed by atoms with Crippen LogP contribution in [0, 0.1) is 5.92 Å². The summed E-state index contributed by atoms with van der Waals surface area (Å²) in [5.74, 6) is 1.23. The van der Waals surface area contributed by atoms with E-state index in [1.54, 1.807) is 51.4 Å². The van der Waals surface area contributed by atoms with Crippen LogP contribution in [0.1, 0.15) is 88.3 Å². The molecule has 1 fully saturated rings. The third-order valence-electron chi connectivity index (χ3n) is 7.60. The minimum Gasteiger partial charge on any atom is -0.465 e. The summed E-state index contributed by atoms with van der Waals surface area (Å²) < 4.78 is 60.6. The molecule has 0 aliphatic carbocycles. The number of benzene rings is 1. The number of hydrogen-bond acceptors (Lipinski definition) is 11. The van der Waals surface area contributed by atoms with Crippen LogP contribution in [-0.4, -0.2) is 64.8 Å². The van der Waals surface area contributed by atoms with Crippen molar-refractivity contribution >= 4 is 54.9 Å². The van der Waals surface area contributed by atoms with Gasteiger partial charge in [0.15, 0.2) is 5.82 Å². The SMILES string of the molecule is C/C=C\C.CC.CC/C=C(\C)C(F)(F)F.CCOC(=O)C(C)NP(OCC1CC(C)C(n2ccc3c(N(CC)NSC)ncnc32)O1)Oc1ccc(Cl)cc1. The van der Waals surface area contributed by atoms with E-state index in [4.69, 9.17) is 30.1 Å². The molecule has 0 bridgehead atoms. The van der Waals surface area contributed by atoms with Crippen molar-refractivity contribution in [3.63, 3.8) is 0 Å². The highest BCUT2D eigenvalue weighted by atomic mass is 35.5. The average Bonchev–Trinajstić information content (AvgIpc) is 3.77. The van der Waals surface area contributed by atoms with E-state index in [2.05, 4.69) is 38.3 Å². The van der Waals surface area contributed by atoms with Crippen LogP contribution in [0.4, 0.5) is 19.0 Å². The third kappa shape index (κ3) is 17.0. The lowest BCUT2D eigenvalue weighted by Crippen LogP contribution is -2.34. The second-order valence-corrected chi connectivity index (χ2v) is 14.0. The van der Waals surface area contributed by atoms with Crippen LogP contribution in [0.25, 0.3) is 11.0 Å². The number of anilines is 1. The molecule has 1 aromatic carbocycles. The van der Waals surface area contributed by atoms with Crippen molar-refractivity contribution in [1.82, 2.24) is 24.5 Å². The number of nitrogens with one attached hydrogen (secondary N) is 2. The van der Waals surface area contributed by atoms with Gasteiger partial charge >= 0.3 is 20.7 Å². The largest absolute Gasteiger partial charge is 0.465 e. The lowest BCUT2D eigenvalue weighted by Gasteiger charge is -2.23. The van der Waals surface area contributed by atoms with Gasteiger partial charge in [-0.1, -0.05) is 69.5 Å². The molecule has 17 heteroatoms. The van der Waals surface area contributed by atoms with Crippen molar-refractivity contribution < 1.29 is 36.5 Å². The van der Waals surface area contributed by atoms with Crippen LogP contribution in [0.3, 0.4) is 0 Å². The molecule has 11 nitrogen and oxygen atoms in total. The fourth-order valence-corrected chi connectivity index (χ4v) is 6.62. The number of nitrogens with zero attached hydrogens (tertiary/aromatic N) is 4. The Balaban J connectivity index is 0.000000858. The molecule has 1 saturated heterocycles. The summed E-state index contributed by atoms with van der Waals surface area (Å²) in [4.78, 5) is 24.6. The highest BCUT2D eigenvalue weighted by molar-refractivity contribution is 7.96. The summed E-state index contributed by atoms with van der Waals surface area (Å²) in [5, 5.41) is 6.65. The first-order chi connectivity index (χ1) is 26.2. The number of carbonyl (C=O) groups is 1. The highest BCUT2D eigenvalue weighted by Gasteiger charge is 2.36. The van der Waals surface area contributed by atoms with Crippen LogP contribution in [-0.2, 0) is 18.8 Å². The predicted molar refractivity (Wildman–Crippen MR) is 221 cm³/mol. The summed E-state index contributed by atoms with van der Waals surface area (Å²) in [6.07, 6.45) is 7.42. The molecule has 0 amide bonds. The molecule has 5 atom stereocenters. The molecule has 0 radical (unpaired) electrons. The first-order valence-corrected chi connectivity index (χ1v) is 21.2. The van der Waals surface area contributed by atoms with Crippen LogP contribution >= 0.6 is 32.1 Å². The molecule has 2 aromatic heterocycles. The van der Waals surface area contributed by atoms with Gasteiger partial charge in [0, 0.05) is 29.3 Å². The number of allylic oxidation sites excluding steroid dienone is 4. The molecule has 1 aliphatic rings. The maximum atomic E-state index is 12.2. The number of hydrogen-bond donors (Lipinski definition) is 2. The summed E-state index contributed by atoms with van der Waals surface area (Å²) in [6, 6.07) is 8.39. The second kappa shape index (κ2) is 26.9. The maximum Gasteiger partial charge on any atom is 0.412 e. The Labute approximate surface area is 335 Å². The average molecular weight is 835 g/mol. The van der Waals surface area contributed by atoms with Crippen molar-refractivity contribution in [3.8, 4) is 5.75 Å². The molecular formula is C38H59ClF3N6O5PS. The Morgan fingerprint density at radius 2 is 1.82 bits per heavy atom. The van der Waals surface area contributed by atoms with Gasteiger partial charge in [-0.15, -0.1) is 0 Å². The lowest BCUT2D eigenvalue weighted by atomic mass is 10.1. The molecule has 4 rings (SSSR count). The quantitative estimate of drug-likeness (QED) is 0.0502. The van der Waals surface area contributed by atoms with Crippen molar-refractivity contribution in [1.29, 1.82) is 0 Å². The summed E-state index contributed by atoms with van der Waals surface area (Å²) in [7, 11) is -1.68. The van der Waals surface area contributed by atoms with Crippen LogP contribution in [0.5, 0.6) is 5.75 Å². The first kappa shape index (κ1) is 50.1. The zero-order valence-corrected chi connectivity index (χ0v) is 36.3. The number of halogens is 4. The molecule has 3 aromatic rings. The Bertz CT molecular complexity index is 1580. The fraction of sp³-hybridized carbons (Fsp3) is 0.553. The van der Waals surface area contributed by atoms with Gasteiger partial charge in [-0.05, 0) is 91.0 Å². The van der Waals surface area contributed by atoms with E-state index in [0.717, 1.165) is 36.7 Å². The molecule has 5 unspecified atom stereocenters. The minimum atomic E-state index is -4.13. The van der Waals surface area contributed by atoms with E-state index in [0.29, 0.717) is 23.8 Å². The normalized spacial score (nSPS) is 17.9.